The molecule has 0 aromatic rings. The van der Waals surface area contributed by atoms with Gasteiger partial charge in [-0.1, -0.05) is 26.2 Å². The minimum Gasteiger partial charge on any atom is -0.468 e. The van der Waals surface area contributed by atoms with Crippen molar-refractivity contribution in [3.8, 4) is 0 Å². The van der Waals surface area contributed by atoms with E-state index in [0.29, 0.717) is 5.92 Å². The number of thioether (sulfide) groups is 1. The summed E-state index contributed by atoms with van der Waals surface area (Å²) in [5, 5.41) is 4.33. The summed E-state index contributed by atoms with van der Waals surface area (Å²) >= 11 is 2.13. The van der Waals surface area contributed by atoms with Crippen LogP contribution in [0, 0.1) is 5.92 Å². The van der Waals surface area contributed by atoms with Gasteiger partial charge in [-0.2, -0.15) is 11.8 Å². The zero-order valence-electron chi connectivity index (χ0n) is 13.0. The lowest BCUT2D eigenvalue weighted by Gasteiger charge is -2.33. The Balaban J connectivity index is 1.88. The molecule has 116 valence electrons. The van der Waals surface area contributed by atoms with Crippen molar-refractivity contribution in [1.82, 2.24) is 5.32 Å². The Morgan fingerprint density at radius 3 is 2.70 bits per heavy atom. The van der Waals surface area contributed by atoms with Crippen LogP contribution in [0.4, 0.5) is 0 Å². The van der Waals surface area contributed by atoms with E-state index in [1.807, 2.05) is 0 Å². The number of hydrogen-bond donors (Lipinski definition) is 1. The molecule has 4 heteroatoms. The average Bonchev–Trinajstić information content (AvgIpc) is 3.09. The summed E-state index contributed by atoms with van der Waals surface area (Å²) in [6, 6.07) is 0. The van der Waals surface area contributed by atoms with Gasteiger partial charge in [-0.3, -0.25) is 4.79 Å². The van der Waals surface area contributed by atoms with Gasteiger partial charge in [-0.15, -0.1) is 0 Å². The van der Waals surface area contributed by atoms with Crippen LogP contribution in [0.15, 0.2) is 0 Å². The molecule has 20 heavy (non-hydrogen) atoms. The minimum atomic E-state index is -0.403. The highest BCUT2D eigenvalue weighted by Gasteiger charge is 2.48. The first kappa shape index (κ1) is 16.2. The number of esters is 1. The number of hydrogen-bond acceptors (Lipinski definition) is 4. The van der Waals surface area contributed by atoms with Gasteiger partial charge in [0.1, 0.15) is 5.54 Å². The third-order valence-electron chi connectivity index (χ3n) is 4.98. The van der Waals surface area contributed by atoms with E-state index in [1.165, 1.54) is 38.5 Å². The lowest BCUT2D eigenvalue weighted by molar-refractivity contribution is -0.150. The third-order valence-corrected chi connectivity index (χ3v) is 6.40. The fourth-order valence-corrected chi connectivity index (χ4v) is 5.39. The minimum absolute atomic E-state index is 0.0484. The summed E-state index contributed by atoms with van der Waals surface area (Å²) < 4.78 is 5.09. The number of carbonyl (C=O) groups is 1. The first-order chi connectivity index (χ1) is 9.73. The monoisotopic (exact) mass is 299 g/mol. The fraction of sp³-hybridized carbons (Fsp3) is 0.938. The van der Waals surface area contributed by atoms with Gasteiger partial charge in [0.15, 0.2) is 0 Å². The molecule has 2 saturated carbocycles. The van der Waals surface area contributed by atoms with Gasteiger partial charge in [0.25, 0.3) is 0 Å². The van der Waals surface area contributed by atoms with E-state index < -0.39 is 5.54 Å². The first-order valence-electron chi connectivity index (χ1n) is 8.18. The van der Waals surface area contributed by atoms with Crippen molar-refractivity contribution in [2.45, 2.75) is 69.1 Å². The van der Waals surface area contributed by atoms with Crippen molar-refractivity contribution in [3.63, 3.8) is 0 Å². The topological polar surface area (TPSA) is 38.3 Å². The van der Waals surface area contributed by atoms with Gasteiger partial charge < -0.3 is 10.1 Å². The van der Waals surface area contributed by atoms with Crippen LogP contribution in [0.25, 0.3) is 0 Å². The predicted molar refractivity (Wildman–Crippen MR) is 85.1 cm³/mol. The molecule has 1 N–H and O–H groups in total. The normalized spacial score (nSPS) is 30.8. The van der Waals surface area contributed by atoms with E-state index in [4.69, 9.17) is 4.74 Å². The fourth-order valence-electron chi connectivity index (χ4n) is 3.97. The van der Waals surface area contributed by atoms with Gasteiger partial charge >= 0.3 is 5.97 Å². The van der Waals surface area contributed by atoms with E-state index in [1.54, 1.807) is 0 Å². The van der Waals surface area contributed by atoms with Crippen molar-refractivity contribution >= 4 is 17.7 Å². The van der Waals surface area contributed by atoms with Crippen molar-refractivity contribution < 1.29 is 9.53 Å². The lowest BCUT2D eigenvalue weighted by atomic mass is 9.85. The Morgan fingerprint density at radius 2 is 2.05 bits per heavy atom. The largest absolute Gasteiger partial charge is 0.468 e. The summed E-state index contributed by atoms with van der Waals surface area (Å²) in [7, 11) is 1.52. The molecule has 2 rings (SSSR count). The molecule has 0 spiro atoms. The molecule has 2 atom stereocenters. The zero-order valence-corrected chi connectivity index (χ0v) is 13.8. The lowest BCUT2D eigenvalue weighted by Crippen LogP contribution is -2.55. The maximum absolute atomic E-state index is 12.3. The standard InChI is InChI=1S/C16H29NO2S/c1-3-17-16(15(18)19-2)11-6-7-13(16)10-12-20-14-8-4-5-9-14/h13-14,17H,3-12H2,1-2H3. The van der Waals surface area contributed by atoms with Crippen LogP contribution in [0.2, 0.25) is 0 Å². The van der Waals surface area contributed by atoms with Gasteiger partial charge in [0.05, 0.1) is 7.11 Å². The van der Waals surface area contributed by atoms with Gasteiger partial charge in [-0.05, 0) is 50.3 Å². The molecule has 0 radical (unpaired) electrons. The summed E-state index contributed by atoms with van der Waals surface area (Å²) in [5.41, 5.74) is -0.403. The van der Waals surface area contributed by atoms with E-state index >= 15 is 0 Å². The molecule has 0 amide bonds. The van der Waals surface area contributed by atoms with Crippen LogP contribution in [0.3, 0.4) is 0 Å². The molecule has 2 aliphatic carbocycles. The summed E-state index contributed by atoms with van der Waals surface area (Å²) in [6.45, 7) is 2.91. The Labute approximate surface area is 127 Å². The molecule has 0 aromatic carbocycles. The van der Waals surface area contributed by atoms with Crippen LogP contribution in [-0.2, 0) is 9.53 Å². The van der Waals surface area contributed by atoms with Crippen LogP contribution < -0.4 is 5.32 Å². The number of likely N-dealkylation sites (N-methyl/N-ethyl adjacent to an activating group) is 1. The second-order valence-corrected chi connectivity index (χ2v) is 7.56. The average molecular weight is 299 g/mol. The van der Waals surface area contributed by atoms with Crippen LogP contribution >= 0.6 is 11.8 Å². The Hall–Kier alpha value is -0.220. The zero-order chi connectivity index (χ0) is 14.4. The number of methoxy groups -OCH3 is 1. The summed E-state index contributed by atoms with van der Waals surface area (Å²) in [6.07, 6.45) is 9.98. The molecular formula is C16H29NO2S. The van der Waals surface area contributed by atoms with E-state index in [2.05, 4.69) is 24.0 Å². The molecule has 2 unspecified atom stereocenters. The van der Waals surface area contributed by atoms with E-state index in [0.717, 1.165) is 37.5 Å². The Bertz CT molecular complexity index is 318. The molecule has 0 saturated heterocycles. The maximum atomic E-state index is 12.3. The molecular weight excluding hydrogens is 270 g/mol. The van der Waals surface area contributed by atoms with Crippen molar-refractivity contribution in [1.29, 1.82) is 0 Å². The molecule has 0 heterocycles. The van der Waals surface area contributed by atoms with E-state index in [-0.39, 0.29) is 5.97 Å². The number of ether oxygens (including phenoxy) is 1. The van der Waals surface area contributed by atoms with Gasteiger partial charge in [0.2, 0.25) is 0 Å². The van der Waals surface area contributed by atoms with Gasteiger partial charge in [-0.25, -0.2) is 0 Å². The van der Waals surface area contributed by atoms with Crippen LogP contribution in [0.5, 0.6) is 0 Å². The molecule has 0 aromatic heterocycles. The summed E-state index contributed by atoms with van der Waals surface area (Å²) in [5.74, 6) is 1.59. The van der Waals surface area contributed by atoms with Crippen LogP contribution in [-0.4, -0.2) is 36.2 Å². The smallest absolute Gasteiger partial charge is 0.326 e. The maximum Gasteiger partial charge on any atom is 0.326 e. The highest BCUT2D eigenvalue weighted by Crippen LogP contribution is 2.40. The highest BCUT2D eigenvalue weighted by molar-refractivity contribution is 7.99. The molecule has 0 bridgehead atoms. The number of carbonyl (C=O) groups excluding carboxylic acids is 1. The first-order valence-corrected chi connectivity index (χ1v) is 9.23. The molecule has 0 aliphatic heterocycles. The molecule has 2 fully saturated rings. The molecule has 2 aliphatic rings. The van der Waals surface area contributed by atoms with Crippen molar-refractivity contribution in [2.75, 3.05) is 19.4 Å². The SMILES string of the molecule is CCNC1(C(=O)OC)CCCC1CCSC1CCCC1. The predicted octanol–water partition coefficient (Wildman–Crippen LogP) is 3.37. The quantitative estimate of drug-likeness (QED) is 0.732. The van der Waals surface area contributed by atoms with Crippen LogP contribution in [0.1, 0.15) is 58.3 Å². The summed E-state index contributed by atoms with van der Waals surface area (Å²) in [4.78, 5) is 12.3. The second kappa shape index (κ2) is 7.69. The third kappa shape index (κ3) is 3.51. The Kier molecular flexibility index (Phi) is 6.21. The van der Waals surface area contributed by atoms with E-state index in [9.17, 15) is 4.79 Å². The van der Waals surface area contributed by atoms with Gasteiger partial charge in [0, 0.05) is 5.25 Å². The number of nitrogens with one attached hydrogen (secondary N) is 1. The molecule has 3 nitrogen and oxygen atoms in total. The Morgan fingerprint density at radius 1 is 1.30 bits per heavy atom. The van der Waals surface area contributed by atoms with Crippen molar-refractivity contribution in [2.24, 2.45) is 5.92 Å². The second-order valence-electron chi connectivity index (χ2n) is 6.15. The number of rotatable bonds is 7. The van der Waals surface area contributed by atoms with Crippen molar-refractivity contribution in [3.05, 3.63) is 0 Å². The highest BCUT2D eigenvalue weighted by atomic mass is 32.2.